The Morgan fingerprint density at radius 3 is 2.80 bits per heavy atom. The van der Waals surface area contributed by atoms with Gasteiger partial charge in [-0.25, -0.2) is 9.37 Å². The molecule has 106 valence electrons. The zero-order valence-electron chi connectivity index (χ0n) is 11.6. The van der Waals surface area contributed by atoms with Crippen LogP contribution in [0.1, 0.15) is 18.1 Å². The lowest BCUT2D eigenvalue weighted by atomic mass is 9.99. The van der Waals surface area contributed by atoms with Crippen LogP contribution in [0, 0.1) is 5.82 Å². The normalized spacial score (nSPS) is 12.3. The van der Waals surface area contributed by atoms with E-state index in [2.05, 4.69) is 17.2 Å². The first-order valence-corrected chi connectivity index (χ1v) is 6.86. The molecule has 0 spiro atoms. The number of nitrogens with zero attached hydrogens (tertiary/aromatic N) is 1. The van der Waals surface area contributed by atoms with Crippen molar-refractivity contribution in [3.05, 3.63) is 59.5 Å². The van der Waals surface area contributed by atoms with Gasteiger partial charge in [0.25, 0.3) is 0 Å². The van der Waals surface area contributed by atoms with Crippen LogP contribution in [0.5, 0.6) is 0 Å². The summed E-state index contributed by atoms with van der Waals surface area (Å²) >= 11 is 0. The van der Waals surface area contributed by atoms with Crippen molar-refractivity contribution in [1.29, 1.82) is 0 Å². The van der Waals surface area contributed by atoms with E-state index in [0.29, 0.717) is 5.82 Å². The van der Waals surface area contributed by atoms with Gasteiger partial charge in [0.05, 0.1) is 0 Å². The maximum absolute atomic E-state index is 13.2. The van der Waals surface area contributed by atoms with E-state index >= 15 is 0 Å². The fraction of sp³-hybridized carbons (Fsp3) is 0.312. The first-order chi connectivity index (χ1) is 9.69. The van der Waals surface area contributed by atoms with E-state index in [1.807, 2.05) is 18.2 Å². The molecule has 1 heterocycles. The fourth-order valence-corrected chi connectivity index (χ4v) is 2.34. The average molecular weight is 273 g/mol. The monoisotopic (exact) mass is 273 g/mol. The quantitative estimate of drug-likeness (QED) is 0.850. The molecule has 2 rings (SSSR count). The van der Waals surface area contributed by atoms with Crippen LogP contribution in [0.4, 0.5) is 10.2 Å². The highest BCUT2D eigenvalue weighted by atomic mass is 19.1. The van der Waals surface area contributed by atoms with Crippen LogP contribution < -0.4 is 11.1 Å². The largest absolute Gasteiger partial charge is 0.383 e. The molecule has 20 heavy (non-hydrogen) atoms. The predicted molar refractivity (Wildman–Crippen MR) is 79.9 cm³/mol. The minimum atomic E-state index is -0.196. The van der Waals surface area contributed by atoms with Gasteiger partial charge in [0, 0.05) is 12.2 Å². The molecule has 0 aliphatic rings. The lowest BCUT2D eigenvalue weighted by Gasteiger charge is -2.18. The molecule has 0 saturated carbocycles. The van der Waals surface area contributed by atoms with Crippen molar-refractivity contribution in [3.8, 4) is 0 Å². The van der Waals surface area contributed by atoms with Gasteiger partial charge in [0.15, 0.2) is 0 Å². The van der Waals surface area contributed by atoms with Crippen LogP contribution in [-0.2, 0) is 12.8 Å². The highest BCUT2D eigenvalue weighted by molar-refractivity contribution is 5.39. The van der Waals surface area contributed by atoms with Gasteiger partial charge in [-0.05, 0) is 48.7 Å². The number of nitrogens with two attached hydrogens (primary N) is 1. The summed E-state index contributed by atoms with van der Waals surface area (Å²) in [6, 6.07) is 10.8. The molecule has 4 heteroatoms. The topological polar surface area (TPSA) is 50.9 Å². The highest BCUT2D eigenvalue weighted by Crippen LogP contribution is 2.14. The molecule has 1 aromatic carbocycles. The number of pyridine rings is 1. The number of hydrogen-bond donors (Lipinski definition) is 2. The van der Waals surface area contributed by atoms with Gasteiger partial charge in [-0.2, -0.15) is 0 Å². The van der Waals surface area contributed by atoms with E-state index in [9.17, 15) is 4.39 Å². The van der Waals surface area contributed by atoms with Gasteiger partial charge in [-0.15, -0.1) is 0 Å². The number of nitrogen functional groups attached to an aromatic ring is 1. The second-order valence-electron chi connectivity index (χ2n) is 4.84. The third kappa shape index (κ3) is 4.03. The third-order valence-electron chi connectivity index (χ3n) is 3.26. The summed E-state index contributed by atoms with van der Waals surface area (Å²) in [5.41, 5.74) is 7.89. The zero-order chi connectivity index (χ0) is 14.4. The Hall–Kier alpha value is -1.94. The molecular weight excluding hydrogens is 253 g/mol. The number of nitrogens with one attached hydrogen (secondary N) is 1. The lowest BCUT2D eigenvalue weighted by Crippen LogP contribution is -2.33. The van der Waals surface area contributed by atoms with Crippen LogP contribution in [0.15, 0.2) is 42.6 Å². The average Bonchev–Trinajstić information content (AvgIpc) is 2.42. The van der Waals surface area contributed by atoms with Crippen molar-refractivity contribution in [1.82, 2.24) is 10.3 Å². The van der Waals surface area contributed by atoms with E-state index in [4.69, 9.17) is 5.73 Å². The molecule has 0 radical (unpaired) electrons. The Morgan fingerprint density at radius 1 is 1.25 bits per heavy atom. The summed E-state index contributed by atoms with van der Waals surface area (Å²) in [4.78, 5) is 4.10. The molecule has 3 nitrogen and oxygen atoms in total. The van der Waals surface area contributed by atoms with E-state index in [-0.39, 0.29) is 11.9 Å². The minimum absolute atomic E-state index is 0.196. The Labute approximate surface area is 119 Å². The first-order valence-electron chi connectivity index (χ1n) is 6.86. The van der Waals surface area contributed by atoms with Crippen LogP contribution >= 0.6 is 0 Å². The fourth-order valence-electron chi connectivity index (χ4n) is 2.34. The van der Waals surface area contributed by atoms with Gasteiger partial charge in [-0.3, -0.25) is 0 Å². The molecule has 1 unspecified atom stereocenters. The number of benzene rings is 1. The third-order valence-corrected chi connectivity index (χ3v) is 3.26. The number of rotatable bonds is 6. The summed E-state index contributed by atoms with van der Waals surface area (Å²) in [5.74, 6) is 0.369. The van der Waals surface area contributed by atoms with E-state index in [1.165, 1.54) is 6.07 Å². The van der Waals surface area contributed by atoms with Crippen molar-refractivity contribution in [3.63, 3.8) is 0 Å². The molecule has 2 aromatic rings. The maximum atomic E-state index is 13.2. The van der Waals surface area contributed by atoms with Crippen molar-refractivity contribution >= 4 is 5.82 Å². The summed E-state index contributed by atoms with van der Waals surface area (Å²) in [6.45, 7) is 2.92. The zero-order valence-corrected chi connectivity index (χ0v) is 11.6. The molecule has 0 saturated heterocycles. The van der Waals surface area contributed by atoms with Gasteiger partial charge < -0.3 is 11.1 Å². The molecule has 0 aliphatic heterocycles. The van der Waals surface area contributed by atoms with Crippen LogP contribution in [0.3, 0.4) is 0 Å². The summed E-state index contributed by atoms with van der Waals surface area (Å²) < 4.78 is 13.2. The first kappa shape index (κ1) is 14.5. The molecule has 0 bridgehead atoms. The summed E-state index contributed by atoms with van der Waals surface area (Å²) in [6.07, 6.45) is 3.23. The van der Waals surface area contributed by atoms with Crippen LogP contribution in [0.25, 0.3) is 0 Å². The van der Waals surface area contributed by atoms with Gasteiger partial charge in [-0.1, -0.05) is 25.1 Å². The summed E-state index contributed by atoms with van der Waals surface area (Å²) in [7, 11) is 0. The van der Waals surface area contributed by atoms with Gasteiger partial charge >= 0.3 is 0 Å². The Morgan fingerprint density at radius 2 is 2.10 bits per heavy atom. The number of likely N-dealkylation sites (N-methyl/N-ethyl adjacent to an activating group) is 1. The molecule has 0 fully saturated rings. The van der Waals surface area contributed by atoms with E-state index in [0.717, 1.165) is 30.5 Å². The number of hydrogen-bond acceptors (Lipinski definition) is 3. The molecular formula is C16H20FN3. The lowest BCUT2D eigenvalue weighted by molar-refractivity contribution is 0.519. The highest BCUT2D eigenvalue weighted by Gasteiger charge is 2.12. The van der Waals surface area contributed by atoms with Crippen molar-refractivity contribution in [2.24, 2.45) is 0 Å². The van der Waals surface area contributed by atoms with Gasteiger partial charge in [0.1, 0.15) is 11.6 Å². The van der Waals surface area contributed by atoms with Crippen LogP contribution in [0.2, 0.25) is 0 Å². The van der Waals surface area contributed by atoms with Crippen LogP contribution in [-0.4, -0.2) is 17.6 Å². The SMILES string of the molecule is CCNC(Cc1cccc(F)c1)Cc1cccnc1N. The number of anilines is 1. The molecule has 3 N–H and O–H groups in total. The molecule has 0 amide bonds. The van der Waals surface area contributed by atoms with E-state index < -0.39 is 0 Å². The Kier molecular flexibility index (Phi) is 5.07. The Balaban J connectivity index is 2.09. The van der Waals surface area contributed by atoms with Crippen molar-refractivity contribution in [2.45, 2.75) is 25.8 Å². The van der Waals surface area contributed by atoms with Crippen molar-refractivity contribution in [2.75, 3.05) is 12.3 Å². The molecule has 0 aliphatic carbocycles. The minimum Gasteiger partial charge on any atom is -0.383 e. The smallest absolute Gasteiger partial charge is 0.126 e. The molecule has 1 aromatic heterocycles. The van der Waals surface area contributed by atoms with E-state index in [1.54, 1.807) is 18.3 Å². The molecule has 1 atom stereocenters. The summed E-state index contributed by atoms with van der Waals surface area (Å²) in [5, 5.41) is 3.42. The Bertz CT molecular complexity index is 557. The maximum Gasteiger partial charge on any atom is 0.126 e. The second-order valence-corrected chi connectivity index (χ2v) is 4.84. The van der Waals surface area contributed by atoms with Crippen molar-refractivity contribution < 1.29 is 4.39 Å². The van der Waals surface area contributed by atoms with Gasteiger partial charge in [0.2, 0.25) is 0 Å². The predicted octanol–water partition coefficient (Wildman–Crippen LogP) is 2.57. The standard InChI is InChI=1S/C16H20FN3/c1-2-19-15(10-12-5-3-7-14(17)9-12)11-13-6-4-8-20-16(13)18/h3-9,15,19H,2,10-11H2,1H3,(H2,18,20). The number of aromatic nitrogens is 1. The number of halogens is 1. The second kappa shape index (κ2) is 7.01.